The van der Waals surface area contributed by atoms with Crippen LogP contribution in [0.3, 0.4) is 0 Å². The van der Waals surface area contributed by atoms with E-state index in [2.05, 4.69) is 4.74 Å². The van der Waals surface area contributed by atoms with Crippen LogP contribution in [-0.2, 0) is 0 Å². The third kappa shape index (κ3) is 1.68. The lowest BCUT2D eigenvalue weighted by Crippen LogP contribution is -2.02. The van der Waals surface area contributed by atoms with Crippen LogP contribution in [0.5, 0.6) is 5.75 Å². The molecule has 1 aromatic rings. The van der Waals surface area contributed by atoms with Gasteiger partial charge in [-0.25, -0.2) is 4.39 Å². The van der Waals surface area contributed by atoms with Gasteiger partial charge in [-0.15, -0.1) is 0 Å². The molecule has 0 fully saturated rings. The first-order chi connectivity index (χ1) is 6.07. The minimum atomic E-state index is -1.18. The third-order valence-corrected chi connectivity index (χ3v) is 1.66. The second-order valence-corrected chi connectivity index (χ2v) is 2.48. The summed E-state index contributed by atoms with van der Waals surface area (Å²) >= 11 is 0. The highest BCUT2D eigenvalue weighted by Gasteiger charge is 2.16. The minimum absolute atomic E-state index is 0.266. The summed E-state index contributed by atoms with van der Waals surface area (Å²) < 4.78 is 41.9. The second-order valence-electron chi connectivity index (χ2n) is 2.48. The number of aryl methyl sites for hydroxylation is 1. The highest BCUT2D eigenvalue weighted by atomic mass is 19.4. The van der Waals surface area contributed by atoms with Crippen molar-refractivity contribution < 1.29 is 18.1 Å². The van der Waals surface area contributed by atoms with Gasteiger partial charge in [0.05, 0.1) is 7.11 Å². The summed E-state index contributed by atoms with van der Waals surface area (Å²) in [5.74, 6) is -1.20. The molecule has 5 heteroatoms. The zero-order valence-corrected chi connectivity index (χ0v) is 7.14. The van der Waals surface area contributed by atoms with E-state index in [1.807, 2.05) is 0 Å². The van der Waals surface area contributed by atoms with Crippen molar-refractivity contribution in [2.24, 2.45) is 0 Å². The van der Waals surface area contributed by atoms with Crippen LogP contribution in [0.25, 0.3) is 0 Å². The molecular formula is C8H8F3NO. The summed E-state index contributed by atoms with van der Waals surface area (Å²) in [6.45, 7) is 1.47. The van der Waals surface area contributed by atoms with Gasteiger partial charge in [-0.3, -0.25) is 0 Å². The molecule has 0 aliphatic rings. The average molecular weight is 191 g/mol. The summed E-state index contributed by atoms with van der Waals surface area (Å²) in [7, 11) is 1.14. The number of anilines is 1. The maximum Gasteiger partial charge on any atom is 0.183 e. The normalized spacial score (nSPS) is 9.92. The molecule has 1 aromatic carbocycles. The smallest absolute Gasteiger partial charge is 0.183 e. The van der Waals surface area contributed by atoms with Crippen molar-refractivity contribution in [1.82, 2.24) is 0 Å². The molecule has 1 rings (SSSR count). The fraction of sp³-hybridized carbons (Fsp3) is 0.250. The standard InChI is InChI=1S/C8H8F3NO/c1-5-3-4-6(12(10)11)8(13-2)7(5)9/h3-4H,1-2H3. The molecule has 0 aliphatic heterocycles. The highest BCUT2D eigenvalue weighted by molar-refractivity contribution is 5.57. The molecule has 72 valence electrons. The van der Waals surface area contributed by atoms with Gasteiger partial charge in [-0.1, -0.05) is 15.0 Å². The van der Waals surface area contributed by atoms with Crippen LogP contribution in [0.2, 0.25) is 0 Å². The van der Waals surface area contributed by atoms with Crippen LogP contribution in [-0.4, -0.2) is 7.11 Å². The van der Waals surface area contributed by atoms with Crippen LogP contribution in [0.4, 0.5) is 19.0 Å². The average Bonchev–Trinajstić information content (AvgIpc) is 2.09. The van der Waals surface area contributed by atoms with E-state index < -0.39 is 22.6 Å². The largest absolute Gasteiger partial charge is 0.491 e. The number of benzene rings is 1. The molecule has 0 atom stereocenters. The van der Waals surface area contributed by atoms with Crippen molar-refractivity contribution in [3.8, 4) is 5.75 Å². The number of ether oxygens (including phenoxy) is 1. The van der Waals surface area contributed by atoms with Crippen LogP contribution >= 0.6 is 0 Å². The van der Waals surface area contributed by atoms with Crippen molar-refractivity contribution in [2.45, 2.75) is 6.92 Å². The lowest BCUT2D eigenvalue weighted by atomic mass is 10.2. The Balaban J connectivity index is 3.30. The molecule has 0 saturated heterocycles. The van der Waals surface area contributed by atoms with Crippen molar-refractivity contribution in [3.63, 3.8) is 0 Å². The number of methoxy groups -OCH3 is 1. The van der Waals surface area contributed by atoms with Gasteiger partial charge in [0, 0.05) is 0 Å². The zero-order valence-electron chi connectivity index (χ0n) is 7.14. The number of hydrogen-bond acceptors (Lipinski definition) is 2. The Hall–Kier alpha value is -1.39. The fourth-order valence-electron chi connectivity index (χ4n) is 0.972. The molecule has 0 aromatic heterocycles. The molecule has 0 spiro atoms. The molecule has 2 nitrogen and oxygen atoms in total. The Morgan fingerprint density at radius 2 is 1.92 bits per heavy atom. The Morgan fingerprint density at radius 1 is 1.31 bits per heavy atom. The van der Waals surface area contributed by atoms with Crippen LogP contribution < -0.4 is 10.1 Å². The fourth-order valence-corrected chi connectivity index (χ4v) is 0.972. The van der Waals surface area contributed by atoms with Gasteiger partial charge in [0.15, 0.2) is 17.3 Å². The molecule has 0 bridgehead atoms. The third-order valence-electron chi connectivity index (χ3n) is 1.66. The number of nitrogens with zero attached hydrogens (tertiary/aromatic N) is 1. The Kier molecular flexibility index (Phi) is 2.65. The Bertz CT molecular complexity index is 315. The summed E-state index contributed by atoms with van der Waals surface area (Å²) in [6.07, 6.45) is 0. The lowest BCUT2D eigenvalue weighted by Gasteiger charge is -2.10. The van der Waals surface area contributed by atoms with Crippen LogP contribution in [0, 0.1) is 12.7 Å². The van der Waals surface area contributed by atoms with Crippen molar-refractivity contribution in [1.29, 1.82) is 0 Å². The van der Waals surface area contributed by atoms with Crippen LogP contribution in [0.1, 0.15) is 5.56 Å². The number of rotatable bonds is 2. The van der Waals surface area contributed by atoms with Gasteiger partial charge in [-0.05, 0) is 23.9 Å². The molecule has 0 radical (unpaired) electrons. The molecule has 0 saturated carbocycles. The molecular weight excluding hydrogens is 183 g/mol. The molecule has 0 unspecified atom stereocenters. The number of hydrogen-bond donors (Lipinski definition) is 0. The van der Waals surface area contributed by atoms with Gasteiger partial charge in [0.2, 0.25) is 0 Å². The first-order valence-electron chi connectivity index (χ1n) is 3.52. The van der Waals surface area contributed by atoms with Gasteiger partial charge in [0.25, 0.3) is 0 Å². The molecule has 0 heterocycles. The van der Waals surface area contributed by atoms with Crippen molar-refractivity contribution in [3.05, 3.63) is 23.5 Å². The van der Waals surface area contributed by atoms with Crippen molar-refractivity contribution >= 4 is 5.69 Å². The predicted molar refractivity (Wildman–Crippen MR) is 42.4 cm³/mol. The monoisotopic (exact) mass is 191 g/mol. The van der Waals surface area contributed by atoms with Gasteiger partial charge >= 0.3 is 0 Å². The van der Waals surface area contributed by atoms with E-state index in [1.54, 1.807) is 0 Å². The molecule has 0 amide bonds. The van der Waals surface area contributed by atoms with E-state index >= 15 is 0 Å². The van der Waals surface area contributed by atoms with Crippen LogP contribution in [0.15, 0.2) is 12.1 Å². The first-order valence-corrected chi connectivity index (χ1v) is 3.52. The Labute approximate surface area is 73.4 Å². The maximum atomic E-state index is 13.1. The first kappa shape index (κ1) is 9.70. The molecule has 0 aliphatic carbocycles. The van der Waals surface area contributed by atoms with Crippen molar-refractivity contribution in [2.75, 3.05) is 12.5 Å². The zero-order chi connectivity index (χ0) is 10.0. The molecule has 13 heavy (non-hydrogen) atoms. The summed E-state index contributed by atoms with van der Waals surface area (Å²) in [5, 5.41) is -1.18. The van der Waals surface area contributed by atoms with E-state index in [0.29, 0.717) is 0 Å². The SMILES string of the molecule is COc1c(N(F)F)ccc(C)c1F. The summed E-state index contributed by atoms with van der Waals surface area (Å²) in [4.78, 5) is 0. The van der Waals surface area contributed by atoms with Gasteiger partial charge < -0.3 is 4.74 Å². The quantitative estimate of drug-likeness (QED) is 0.666. The predicted octanol–water partition coefficient (Wildman–Crippen LogP) is 2.72. The number of halogens is 3. The maximum absolute atomic E-state index is 13.1. The van der Waals surface area contributed by atoms with E-state index in [0.717, 1.165) is 13.2 Å². The topological polar surface area (TPSA) is 12.5 Å². The Morgan fingerprint density at radius 3 is 2.38 bits per heavy atom. The van der Waals surface area contributed by atoms with Gasteiger partial charge in [-0.2, -0.15) is 0 Å². The van der Waals surface area contributed by atoms with E-state index in [1.165, 1.54) is 13.0 Å². The summed E-state index contributed by atoms with van der Waals surface area (Å²) in [6, 6.07) is 2.36. The van der Waals surface area contributed by atoms with E-state index in [4.69, 9.17) is 0 Å². The second kappa shape index (κ2) is 3.55. The summed E-state index contributed by atoms with van der Waals surface area (Å²) in [5.41, 5.74) is -0.312. The van der Waals surface area contributed by atoms with E-state index in [9.17, 15) is 13.4 Å². The highest BCUT2D eigenvalue weighted by Crippen LogP contribution is 2.33. The van der Waals surface area contributed by atoms with E-state index in [-0.39, 0.29) is 5.56 Å². The van der Waals surface area contributed by atoms with Gasteiger partial charge in [0.1, 0.15) is 0 Å². The minimum Gasteiger partial charge on any atom is -0.491 e. The lowest BCUT2D eigenvalue weighted by molar-refractivity contribution is 0.229. The molecule has 0 N–H and O–H groups in total.